The highest BCUT2D eigenvalue weighted by Gasteiger charge is 2.42. The number of nitrogen functional groups attached to an aromatic ring is 1. The van der Waals surface area contributed by atoms with Crippen molar-refractivity contribution in [1.29, 1.82) is 0 Å². The summed E-state index contributed by atoms with van der Waals surface area (Å²) in [4.78, 5) is 4.68. The van der Waals surface area contributed by atoms with Crippen LogP contribution in [0.25, 0.3) is 22.4 Å². The summed E-state index contributed by atoms with van der Waals surface area (Å²) in [5.41, 5.74) is 7.74. The number of benzene rings is 1. The Kier molecular flexibility index (Phi) is 8.46. The molecule has 220 valence electrons. The Morgan fingerprint density at radius 1 is 1.00 bits per heavy atom. The first kappa shape index (κ1) is 30.8. The molecule has 0 aliphatic rings. The van der Waals surface area contributed by atoms with E-state index in [-0.39, 0.29) is 27.0 Å². The lowest BCUT2D eigenvalue weighted by Gasteiger charge is -2.43. The van der Waals surface area contributed by atoms with E-state index in [4.69, 9.17) is 21.8 Å². The molecule has 4 aromatic rings. The van der Waals surface area contributed by atoms with E-state index < -0.39 is 32.3 Å². The Bertz CT molecular complexity index is 1510. The van der Waals surface area contributed by atoms with Crippen molar-refractivity contribution in [3.8, 4) is 22.4 Å². The van der Waals surface area contributed by atoms with Crippen LogP contribution >= 0.6 is 11.6 Å². The maximum atomic E-state index is 14.8. The molecular weight excluding hydrogens is 569 g/mol. The van der Waals surface area contributed by atoms with Crippen LogP contribution < -0.4 is 5.73 Å². The Labute approximate surface area is 244 Å². The predicted octanol–water partition coefficient (Wildman–Crippen LogP) is 8.36. The molecule has 7 nitrogen and oxygen atoms in total. The van der Waals surface area contributed by atoms with Crippen LogP contribution in [0.3, 0.4) is 0 Å². The number of hydrogen-bond acceptors (Lipinski definition) is 5. The molecule has 0 saturated carbocycles. The van der Waals surface area contributed by atoms with Gasteiger partial charge in [0.25, 0.3) is 0 Å². The number of alkyl halides is 2. The highest BCUT2D eigenvalue weighted by molar-refractivity contribution is 6.74. The van der Waals surface area contributed by atoms with Crippen LogP contribution in [0.4, 0.5) is 18.9 Å². The molecule has 2 N–H and O–H groups in total. The van der Waals surface area contributed by atoms with Crippen LogP contribution in [0, 0.1) is 5.82 Å². The molecule has 0 radical (unpaired) electrons. The number of rotatable bonds is 9. The predicted molar refractivity (Wildman–Crippen MR) is 159 cm³/mol. The zero-order chi connectivity index (χ0) is 30.3. The number of pyridine rings is 1. The molecule has 1 unspecified atom stereocenters. The second-order valence-corrected chi connectivity index (χ2v) is 17.4. The topological polar surface area (TPSA) is 83.8 Å². The van der Waals surface area contributed by atoms with Gasteiger partial charge in [-0.1, -0.05) is 38.4 Å². The molecule has 0 saturated heterocycles. The molecule has 1 atom stereocenters. The molecular formula is C29H36ClF3N6OSi. The third-order valence-corrected chi connectivity index (χ3v) is 12.6. The van der Waals surface area contributed by atoms with E-state index in [2.05, 4.69) is 49.0 Å². The molecule has 0 aliphatic heterocycles. The van der Waals surface area contributed by atoms with Crippen LogP contribution in [-0.4, -0.2) is 38.5 Å². The second-order valence-electron chi connectivity index (χ2n) is 12.3. The quantitative estimate of drug-likeness (QED) is 0.153. The minimum absolute atomic E-state index is 0.00677. The normalized spacial score (nSPS) is 13.7. The fourth-order valence-corrected chi connectivity index (χ4v) is 6.56. The van der Waals surface area contributed by atoms with Crippen LogP contribution in [0.5, 0.6) is 0 Å². The molecule has 0 aliphatic carbocycles. The van der Waals surface area contributed by atoms with Gasteiger partial charge in [0.1, 0.15) is 0 Å². The number of anilines is 1. The van der Waals surface area contributed by atoms with Gasteiger partial charge in [-0.3, -0.25) is 9.67 Å². The highest BCUT2D eigenvalue weighted by Crippen LogP contribution is 2.42. The summed E-state index contributed by atoms with van der Waals surface area (Å²) in [5, 5.41) is 8.24. The third-order valence-electron chi connectivity index (χ3n) is 7.64. The average Bonchev–Trinajstić information content (AvgIpc) is 3.54. The molecule has 12 heteroatoms. The number of hydrogen-bond donors (Lipinski definition) is 1. The van der Waals surface area contributed by atoms with Crippen molar-refractivity contribution < 1.29 is 17.6 Å². The maximum absolute atomic E-state index is 14.8. The minimum Gasteiger partial charge on any atom is -0.412 e. The molecule has 3 heterocycles. The molecule has 3 aromatic heterocycles. The van der Waals surface area contributed by atoms with E-state index >= 15 is 0 Å². The largest absolute Gasteiger partial charge is 0.412 e. The Morgan fingerprint density at radius 2 is 1.71 bits per heavy atom. The summed E-state index contributed by atoms with van der Waals surface area (Å²) in [6.45, 7) is 12.2. The zero-order valence-electron chi connectivity index (χ0n) is 24.3. The lowest BCUT2D eigenvalue weighted by atomic mass is 9.96. The van der Waals surface area contributed by atoms with Crippen LogP contribution in [0.1, 0.15) is 59.3 Å². The van der Waals surface area contributed by atoms with Crippen molar-refractivity contribution in [2.45, 2.75) is 77.4 Å². The van der Waals surface area contributed by atoms with E-state index in [1.54, 1.807) is 35.3 Å². The molecule has 4 rings (SSSR count). The van der Waals surface area contributed by atoms with Gasteiger partial charge < -0.3 is 10.2 Å². The summed E-state index contributed by atoms with van der Waals surface area (Å²) in [5.74, 6) is -0.617. The summed E-state index contributed by atoms with van der Waals surface area (Å²) in [7, 11) is -2.15. The van der Waals surface area contributed by atoms with E-state index in [1.165, 1.54) is 24.5 Å². The van der Waals surface area contributed by atoms with Gasteiger partial charge in [0, 0.05) is 47.4 Å². The number of nitrogens with zero attached hydrogens (tertiary/aromatic N) is 5. The van der Waals surface area contributed by atoms with Crippen LogP contribution in [-0.2, 0) is 4.43 Å². The van der Waals surface area contributed by atoms with E-state index in [0.29, 0.717) is 27.9 Å². The summed E-state index contributed by atoms with van der Waals surface area (Å²) >= 11 is 6.00. The Hall–Kier alpha value is -3.15. The van der Waals surface area contributed by atoms with Gasteiger partial charge >= 0.3 is 6.55 Å². The first-order valence-electron chi connectivity index (χ1n) is 13.3. The SMILES string of the molecule is CC(C)(CC(c1ccc(-c2c(N)ccc(Cl)c2F)cn1)n1cc(-c2ccnn2C(F)F)cn1)O[Si](C)(C)C(C)(C)C. The van der Waals surface area contributed by atoms with Gasteiger partial charge in [-0.2, -0.15) is 19.0 Å². The summed E-state index contributed by atoms with van der Waals surface area (Å²) in [6, 6.07) is 7.57. The molecule has 0 spiro atoms. The number of nitrogens with two attached hydrogens (primary N) is 1. The third kappa shape index (κ3) is 6.52. The first-order chi connectivity index (χ1) is 19.0. The highest BCUT2D eigenvalue weighted by atomic mass is 35.5. The lowest BCUT2D eigenvalue weighted by molar-refractivity contribution is 0.0585. The lowest BCUT2D eigenvalue weighted by Crippen LogP contribution is -2.48. The maximum Gasteiger partial charge on any atom is 0.333 e. The van der Waals surface area contributed by atoms with Crippen molar-refractivity contribution >= 4 is 25.6 Å². The van der Waals surface area contributed by atoms with Gasteiger partial charge in [0.15, 0.2) is 14.1 Å². The van der Waals surface area contributed by atoms with Crippen molar-refractivity contribution in [3.05, 3.63) is 71.7 Å². The fraction of sp³-hybridized carbons (Fsp3) is 0.414. The van der Waals surface area contributed by atoms with Gasteiger partial charge in [0.2, 0.25) is 0 Å². The van der Waals surface area contributed by atoms with E-state index in [1.807, 2.05) is 13.8 Å². The van der Waals surface area contributed by atoms with Gasteiger partial charge in [-0.05, 0) is 56.2 Å². The smallest absolute Gasteiger partial charge is 0.333 e. The molecule has 1 aromatic carbocycles. The van der Waals surface area contributed by atoms with Gasteiger partial charge in [-0.25, -0.2) is 9.07 Å². The average molecular weight is 605 g/mol. The Morgan fingerprint density at radius 3 is 2.32 bits per heavy atom. The number of halogens is 4. The molecule has 0 fully saturated rings. The molecule has 41 heavy (non-hydrogen) atoms. The van der Waals surface area contributed by atoms with Gasteiger partial charge in [0.05, 0.1) is 34.3 Å². The Balaban J connectivity index is 1.75. The van der Waals surface area contributed by atoms with Crippen molar-refractivity contribution in [3.63, 3.8) is 0 Å². The second kappa shape index (κ2) is 11.3. The minimum atomic E-state index is -2.79. The number of aromatic nitrogens is 5. The zero-order valence-corrected chi connectivity index (χ0v) is 26.0. The van der Waals surface area contributed by atoms with Crippen LogP contribution in [0.2, 0.25) is 23.2 Å². The van der Waals surface area contributed by atoms with Crippen LogP contribution in [0.15, 0.2) is 55.1 Å². The molecule has 0 amide bonds. The van der Waals surface area contributed by atoms with E-state index in [0.717, 1.165) is 0 Å². The van der Waals surface area contributed by atoms with Gasteiger partial charge in [-0.15, -0.1) is 0 Å². The van der Waals surface area contributed by atoms with Crippen molar-refractivity contribution in [2.24, 2.45) is 0 Å². The van der Waals surface area contributed by atoms with Crippen molar-refractivity contribution in [2.75, 3.05) is 5.73 Å². The summed E-state index contributed by atoms with van der Waals surface area (Å²) < 4.78 is 51.0. The van der Waals surface area contributed by atoms with E-state index in [9.17, 15) is 13.2 Å². The fourth-order valence-electron chi connectivity index (χ4n) is 4.63. The summed E-state index contributed by atoms with van der Waals surface area (Å²) in [6.07, 6.45) is 6.59. The molecule has 0 bridgehead atoms. The monoisotopic (exact) mass is 604 g/mol. The van der Waals surface area contributed by atoms with Crippen molar-refractivity contribution in [1.82, 2.24) is 24.5 Å². The standard InChI is InChI=1S/C29H36ClF3N6OSi/c1-28(2,3)41(6,7)40-29(4,5)14-24(38-17-19(16-37-38)23-12-13-36-39(23)27(32)33)22-11-8-18(15-35-22)25-21(34)10-9-20(30)26(25)31/h8-13,15-17,24,27H,14,34H2,1-7H3. The first-order valence-corrected chi connectivity index (χ1v) is 16.6.